The Kier molecular flexibility index (Phi) is 9.51. The summed E-state index contributed by atoms with van der Waals surface area (Å²) in [5, 5.41) is 5.86. The van der Waals surface area contributed by atoms with Gasteiger partial charge in [-0.1, -0.05) is 54.6 Å². The van der Waals surface area contributed by atoms with Crippen LogP contribution in [0.4, 0.5) is 0 Å². The molecule has 2 aromatic carbocycles. The van der Waals surface area contributed by atoms with Gasteiger partial charge in [0.05, 0.1) is 17.9 Å². The zero-order valence-electron chi connectivity index (χ0n) is 26.0. The van der Waals surface area contributed by atoms with Crippen LogP contribution in [0.25, 0.3) is 0 Å². The van der Waals surface area contributed by atoms with E-state index in [1.165, 1.54) is 10.6 Å². The lowest BCUT2D eigenvalue weighted by molar-refractivity contribution is -0.147. The first-order valence-electron chi connectivity index (χ1n) is 15.5. The van der Waals surface area contributed by atoms with E-state index in [1.807, 2.05) is 59.5 Å². The highest BCUT2D eigenvalue weighted by molar-refractivity contribution is 5.97. The summed E-state index contributed by atoms with van der Waals surface area (Å²) in [6.45, 7) is 4.49. The summed E-state index contributed by atoms with van der Waals surface area (Å²) in [5.41, 5.74) is 0.991. The Morgan fingerprint density at radius 2 is 1.64 bits per heavy atom. The van der Waals surface area contributed by atoms with Crippen molar-refractivity contribution in [1.29, 1.82) is 0 Å². The number of esters is 1. The van der Waals surface area contributed by atoms with Crippen LogP contribution in [0.5, 0.6) is 0 Å². The number of aromatic nitrogens is 1. The molecule has 3 aromatic rings. The molecule has 10 nitrogen and oxygen atoms in total. The molecule has 0 radical (unpaired) electrons. The van der Waals surface area contributed by atoms with Crippen LogP contribution < -0.4 is 16.2 Å². The third-order valence-corrected chi connectivity index (χ3v) is 9.05. The molecule has 0 saturated carbocycles. The first kappa shape index (κ1) is 31.7. The molecular weight excluding hydrogens is 572 g/mol. The monoisotopic (exact) mass is 612 g/mol. The maximum atomic E-state index is 14.2. The SMILES string of the molecule is CCOC(=O)[C@H](C)NC(=O)[C@@]1(c2ccccc2)CC[C@H](C(=O)N2CCC(NC(=O)c3cccn(C)c3=O)CC2)c2ccccc21. The molecule has 1 aromatic heterocycles. The Bertz CT molecular complexity index is 1630. The number of rotatable bonds is 8. The summed E-state index contributed by atoms with van der Waals surface area (Å²) in [7, 11) is 1.60. The molecule has 3 amide bonds. The molecule has 1 aliphatic carbocycles. The van der Waals surface area contributed by atoms with Crippen molar-refractivity contribution in [2.75, 3.05) is 19.7 Å². The molecule has 1 saturated heterocycles. The Balaban J connectivity index is 1.35. The van der Waals surface area contributed by atoms with Gasteiger partial charge in [-0.2, -0.15) is 0 Å². The molecule has 236 valence electrons. The maximum absolute atomic E-state index is 14.2. The summed E-state index contributed by atoms with van der Waals surface area (Å²) in [4.78, 5) is 67.6. The van der Waals surface area contributed by atoms with Crippen LogP contribution in [-0.2, 0) is 31.6 Å². The Morgan fingerprint density at radius 1 is 0.956 bits per heavy atom. The van der Waals surface area contributed by atoms with Crippen molar-refractivity contribution < 1.29 is 23.9 Å². The summed E-state index contributed by atoms with van der Waals surface area (Å²) >= 11 is 0. The first-order valence-corrected chi connectivity index (χ1v) is 15.5. The van der Waals surface area contributed by atoms with Gasteiger partial charge in [-0.15, -0.1) is 0 Å². The number of ether oxygens (including phenoxy) is 1. The van der Waals surface area contributed by atoms with E-state index in [-0.39, 0.29) is 35.6 Å². The standard InChI is InChI=1S/C35H40N4O6/c1-4-45-33(43)23(2)36-34(44)35(24-11-6-5-7-12-24)19-16-27(26-13-8-9-15-29(26)35)32(42)39-21-17-25(18-22-39)37-30(40)28-14-10-20-38(3)31(28)41/h5-15,20,23,25,27H,4,16-19,21-22H2,1-3H3,(H,36,44)(H,37,40)/t23-,27-,35+/m0/s1. The van der Waals surface area contributed by atoms with Crippen molar-refractivity contribution in [1.82, 2.24) is 20.1 Å². The molecule has 0 bridgehead atoms. The third-order valence-electron chi connectivity index (χ3n) is 9.05. The number of carbonyl (C=O) groups is 4. The average Bonchev–Trinajstić information content (AvgIpc) is 3.06. The molecule has 1 aliphatic heterocycles. The quantitative estimate of drug-likeness (QED) is 0.377. The van der Waals surface area contributed by atoms with Crippen molar-refractivity contribution in [2.24, 2.45) is 7.05 Å². The number of likely N-dealkylation sites (tertiary alicyclic amines) is 1. The molecule has 45 heavy (non-hydrogen) atoms. The van der Waals surface area contributed by atoms with E-state index in [2.05, 4.69) is 10.6 Å². The lowest BCUT2D eigenvalue weighted by Crippen LogP contribution is -2.53. The van der Waals surface area contributed by atoms with Gasteiger partial charge in [0.15, 0.2) is 0 Å². The summed E-state index contributed by atoms with van der Waals surface area (Å²) < 4.78 is 6.51. The van der Waals surface area contributed by atoms with Gasteiger partial charge in [-0.3, -0.25) is 19.2 Å². The van der Waals surface area contributed by atoms with Crippen LogP contribution in [0.15, 0.2) is 77.7 Å². The number of amides is 3. The lowest BCUT2D eigenvalue weighted by atomic mass is 9.62. The summed E-state index contributed by atoms with van der Waals surface area (Å²) in [6, 6.07) is 19.3. The van der Waals surface area contributed by atoms with Gasteiger partial charge in [-0.05, 0) is 68.4 Å². The van der Waals surface area contributed by atoms with Gasteiger partial charge in [0.25, 0.3) is 11.5 Å². The molecule has 0 spiro atoms. The van der Waals surface area contributed by atoms with Gasteiger partial charge in [-0.25, -0.2) is 4.79 Å². The van der Waals surface area contributed by atoms with Crippen LogP contribution in [0, 0.1) is 0 Å². The minimum atomic E-state index is -1.10. The van der Waals surface area contributed by atoms with Crippen LogP contribution >= 0.6 is 0 Å². The number of nitrogens with one attached hydrogen (secondary N) is 2. The zero-order valence-corrected chi connectivity index (χ0v) is 26.0. The fraction of sp³-hybridized carbons (Fsp3) is 0.400. The Hall–Kier alpha value is -4.73. The van der Waals surface area contributed by atoms with E-state index in [0.29, 0.717) is 38.8 Å². The van der Waals surface area contributed by atoms with Crippen molar-refractivity contribution >= 4 is 23.7 Å². The second kappa shape index (κ2) is 13.5. The molecular formula is C35H40N4O6. The van der Waals surface area contributed by atoms with Crippen LogP contribution in [0.3, 0.4) is 0 Å². The molecule has 0 unspecified atom stereocenters. The second-order valence-corrected chi connectivity index (χ2v) is 11.8. The van der Waals surface area contributed by atoms with Gasteiger partial charge < -0.3 is 24.8 Å². The molecule has 3 atom stereocenters. The molecule has 10 heteroatoms. The number of fused-ring (bicyclic) bond motifs is 1. The maximum Gasteiger partial charge on any atom is 0.328 e. The fourth-order valence-electron chi connectivity index (χ4n) is 6.63. The number of nitrogens with zero attached hydrogens (tertiary/aromatic N) is 2. The van der Waals surface area contributed by atoms with E-state index >= 15 is 0 Å². The van der Waals surface area contributed by atoms with Crippen LogP contribution in [0.1, 0.15) is 72.5 Å². The minimum Gasteiger partial charge on any atom is -0.464 e. The molecule has 1 fully saturated rings. The summed E-state index contributed by atoms with van der Waals surface area (Å²) in [5.74, 6) is -1.66. The van der Waals surface area contributed by atoms with Gasteiger partial charge >= 0.3 is 5.97 Å². The number of benzene rings is 2. The number of aryl methyl sites for hydroxylation is 1. The lowest BCUT2D eigenvalue weighted by Gasteiger charge is -2.43. The fourth-order valence-corrected chi connectivity index (χ4v) is 6.63. The number of hydrogen-bond acceptors (Lipinski definition) is 6. The number of hydrogen-bond donors (Lipinski definition) is 2. The highest BCUT2D eigenvalue weighted by atomic mass is 16.5. The Morgan fingerprint density at radius 3 is 2.36 bits per heavy atom. The Labute approximate surface area is 262 Å². The third kappa shape index (κ3) is 6.27. The molecule has 5 rings (SSSR count). The van der Waals surface area contributed by atoms with E-state index in [0.717, 1.165) is 16.7 Å². The smallest absolute Gasteiger partial charge is 0.328 e. The van der Waals surface area contributed by atoms with Crippen molar-refractivity contribution in [3.63, 3.8) is 0 Å². The first-order chi connectivity index (χ1) is 21.7. The second-order valence-electron chi connectivity index (χ2n) is 11.8. The predicted octanol–water partition coefficient (Wildman–Crippen LogP) is 3.04. The van der Waals surface area contributed by atoms with Crippen molar-refractivity contribution in [2.45, 2.75) is 62.9 Å². The van der Waals surface area contributed by atoms with E-state index < -0.39 is 29.3 Å². The van der Waals surface area contributed by atoms with Crippen molar-refractivity contribution in [3.8, 4) is 0 Å². The molecule has 2 heterocycles. The molecule has 2 N–H and O–H groups in total. The van der Waals surface area contributed by atoms with Gasteiger partial charge in [0.1, 0.15) is 11.6 Å². The van der Waals surface area contributed by atoms with Crippen LogP contribution in [-0.4, -0.2) is 64.9 Å². The van der Waals surface area contributed by atoms with E-state index in [9.17, 15) is 24.0 Å². The van der Waals surface area contributed by atoms with Crippen molar-refractivity contribution in [3.05, 3.63) is 106 Å². The largest absolute Gasteiger partial charge is 0.464 e. The highest BCUT2D eigenvalue weighted by Crippen LogP contribution is 2.48. The normalized spacial score (nSPS) is 20.4. The zero-order chi connectivity index (χ0) is 32.1. The van der Waals surface area contributed by atoms with E-state index in [1.54, 1.807) is 33.2 Å². The predicted molar refractivity (Wildman–Crippen MR) is 169 cm³/mol. The molecule has 2 aliphatic rings. The van der Waals surface area contributed by atoms with Gasteiger partial charge in [0, 0.05) is 32.4 Å². The highest BCUT2D eigenvalue weighted by Gasteiger charge is 2.49. The van der Waals surface area contributed by atoms with Gasteiger partial charge in [0.2, 0.25) is 11.8 Å². The average molecular weight is 613 g/mol. The van der Waals surface area contributed by atoms with Crippen LogP contribution in [0.2, 0.25) is 0 Å². The van der Waals surface area contributed by atoms with E-state index in [4.69, 9.17) is 4.74 Å². The number of piperidine rings is 1. The minimum absolute atomic E-state index is 0.00823. The number of carbonyl (C=O) groups excluding carboxylic acids is 4. The number of pyridine rings is 1. The summed E-state index contributed by atoms with van der Waals surface area (Å²) in [6.07, 6.45) is 3.57. The topological polar surface area (TPSA) is 127 Å².